The minimum absolute atomic E-state index is 0.193. The fourth-order valence-electron chi connectivity index (χ4n) is 1.62. The molecule has 0 spiro atoms. The first-order valence-electron chi connectivity index (χ1n) is 6.65. The van der Waals surface area contributed by atoms with Crippen molar-refractivity contribution >= 4 is 17.6 Å². The fraction of sp³-hybridized carbons (Fsp3) is 0.400. The predicted molar refractivity (Wildman–Crippen MR) is 83.4 cm³/mol. The highest BCUT2D eigenvalue weighted by atomic mass is 35.5. The molecule has 1 atom stereocenters. The van der Waals surface area contributed by atoms with Crippen LogP contribution in [0.1, 0.15) is 18.5 Å². The molecule has 116 valence electrons. The summed E-state index contributed by atoms with van der Waals surface area (Å²) in [4.78, 5) is 11.7. The maximum Gasteiger partial charge on any atom is 0.315 e. The van der Waals surface area contributed by atoms with E-state index >= 15 is 0 Å². The number of halogens is 1. The Labute approximate surface area is 129 Å². The summed E-state index contributed by atoms with van der Waals surface area (Å²) in [6.45, 7) is 6.67. The Balaban J connectivity index is 2.34. The maximum absolute atomic E-state index is 11.7. The first-order chi connectivity index (χ1) is 10.0. The van der Waals surface area contributed by atoms with Gasteiger partial charge in [-0.25, -0.2) is 4.79 Å². The van der Waals surface area contributed by atoms with Gasteiger partial charge in [0, 0.05) is 11.6 Å². The molecular formula is C15H21ClN2O3. The molecule has 1 aromatic rings. The number of carbonyl (C=O) groups excluding carboxylic acids is 1. The molecular weight excluding hydrogens is 292 g/mol. The Morgan fingerprint density at radius 1 is 1.43 bits per heavy atom. The maximum atomic E-state index is 11.7. The van der Waals surface area contributed by atoms with Crippen LogP contribution in [0.15, 0.2) is 36.4 Å². The van der Waals surface area contributed by atoms with Crippen molar-refractivity contribution in [2.75, 3.05) is 26.4 Å². The molecule has 5 nitrogen and oxygen atoms in total. The lowest BCUT2D eigenvalue weighted by molar-refractivity contribution is 0.157. The van der Waals surface area contributed by atoms with Crippen LogP contribution in [0.2, 0.25) is 5.02 Å². The fourth-order valence-corrected chi connectivity index (χ4v) is 1.75. The second-order valence-electron chi connectivity index (χ2n) is 4.70. The average molecular weight is 313 g/mol. The number of aliphatic hydroxyl groups is 1. The van der Waals surface area contributed by atoms with Crippen LogP contribution in [0, 0.1) is 0 Å². The van der Waals surface area contributed by atoms with Crippen molar-refractivity contribution in [3.8, 4) is 0 Å². The Morgan fingerprint density at radius 2 is 2.10 bits per heavy atom. The number of amides is 2. The zero-order chi connectivity index (χ0) is 15.7. The number of carbonyl (C=O) groups is 1. The number of hydrogen-bond donors (Lipinski definition) is 3. The minimum Gasteiger partial charge on any atom is -0.394 e. The average Bonchev–Trinajstić information content (AvgIpc) is 2.45. The van der Waals surface area contributed by atoms with Gasteiger partial charge in [-0.15, -0.1) is 0 Å². The van der Waals surface area contributed by atoms with Gasteiger partial charge < -0.3 is 20.5 Å². The highest BCUT2D eigenvalue weighted by Crippen LogP contribution is 2.15. The van der Waals surface area contributed by atoms with Crippen molar-refractivity contribution in [3.05, 3.63) is 47.0 Å². The monoisotopic (exact) mass is 312 g/mol. The standard InChI is InChI=1S/C15H21ClN2O3/c1-11(2)10-21-8-7-17-15(20)18-14(9-19)12-3-5-13(16)6-4-12/h3-6,14,19H,1,7-10H2,2H3,(H2,17,18,20). The first kappa shape index (κ1) is 17.5. The van der Waals surface area contributed by atoms with Crippen LogP contribution >= 0.6 is 11.6 Å². The van der Waals surface area contributed by atoms with Gasteiger partial charge in [0.25, 0.3) is 0 Å². The number of ether oxygens (including phenoxy) is 1. The molecule has 0 aliphatic rings. The van der Waals surface area contributed by atoms with Crippen molar-refractivity contribution in [2.45, 2.75) is 13.0 Å². The van der Waals surface area contributed by atoms with Crippen molar-refractivity contribution in [1.82, 2.24) is 10.6 Å². The highest BCUT2D eigenvalue weighted by molar-refractivity contribution is 6.30. The van der Waals surface area contributed by atoms with Gasteiger partial charge in [-0.05, 0) is 24.6 Å². The van der Waals surface area contributed by atoms with E-state index in [1.165, 1.54) is 0 Å². The van der Waals surface area contributed by atoms with Gasteiger partial charge in [0.1, 0.15) is 0 Å². The Hall–Kier alpha value is -1.56. The topological polar surface area (TPSA) is 70.6 Å². The SMILES string of the molecule is C=C(C)COCCNC(=O)NC(CO)c1ccc(Cl)cc1. The number of nitrogens with one attached hydrogen (secondary N) is 2. The van der Waals surface area contributed by atoms with Crippen LogP contribution in [0.5, 0.6) is 0 Å². The summed E-state index contributed by atoms with van der Waals surface area (Å²) in [6.07, 6.45) is 0. The van der Waals surface area contributed by atoms with Crippen LogP contribution in [0.3, 0.4) is 0 Å². The number of aliphatic hydroxyl groups excluding tert-OH is 1. The van der Waals surface area contributed by atoms with E-state index in [1.54, 1.807) is 24.3 Å². The second-order valence-corrected chi connectivity index (χ2v) is 5.13. The Bertz CT molecular complexity index is 462. The molecule has 1 unspecified atom stereocenters. The molecule has 3 N–H and O–H groups in total. The van der Waals surface area contributed by atoms with E-state index in [0.717, 1.165) is 11.1 Å². The molecule has 0 aromatic heterocycles. The molecule has 21 heavy (non-hydrogen) atoms. The van der Waals surface area contributed by atoms with E-state index in [9.17, 15) is 9.90 Å². The number of rotatable bonds is 8. The Kier molecular flexibility index (Phi) is 7.82. The molecule has 2 amide bonds. The molecule has 0 heterocycles. The van der Waals surface area contributed by atoms with Crippen molar-refractivity contribution in [3.63, 3.8) is 0 Å². The van der Waals surface area contributed by atoms with Crippen LogP contribution in [0.25, 0.3) is 0 Å². The third-order valence-electron chi connectivity index (χ3n) is 2.64. The molecule has 0 aliphatic carbocycles. The largest absolute Gasteiger partial charge is 0.394 e. The molecule has 0 fully saturated rings. The first-order valence-corrected chi connectivity index (χ1v) is 7.03. The van der Waals surface area contributed by atoms with Crippen LogP contribution in [-0.4, -0.2) is 37.5 Å². The lowest BCUT2D eigenvalue weighted by Crippen LogP contribution is -2.40. The van der Waals surface area contributed by atoms with Gasteiger partial charge in [0.05, 0.1) is 25.9 Å². The van der Waals surface area contributed by atoms with Gasteiger partial charge in [-0.3, -0.25) is 0 Å². The van der Waals surface area contributed by atoms with E-state index in [0.29, 0.717) is 24.8 Å². The van der Waals surface area contributed by atoms with Crippen molar-refractivity contribution < 1.29 is 14.6 Å². The molecule has 0 bridgehead atoms. The van der Waals surface area contributed by atoms with Gasteiger partial charge in [0.15, 0.2) is 0 Å². The van der Waals surface area contributed by atoms with E-state index in [2.05, 4.69) is 17.2 Å². The van der Waals surface area contributed by atoms with Gasteiger partial charge in [-0.1, -0.05) is 35.9 Å². The van der Waals surface area contributed by atoms with Gasteiger partial charge in [0.2, 0.25) is 0 Å². The highest BCUT2D eigenvalue weighted by Gasteiger charge is 2.13. The van der Waals surface area contributed by atoms with Crippen molar-refractivity contribution in [1.29, 1.82) is 0 Å². The summed E-state index contributed by atoms with van der Waals surface area (Å²) in [5.74, 6) is 0. The third kappa shape index (κ3) is 7.13. The summed E-state index contributed by atoms with van der Waals surface area (Å²) in [5, 5.41) is 15.3. The zero-order valence-corrected chi connectivity index (χ0v) is 12.8. The summed E-state index contributed by atoms with van der Waals surface area (Å²) in [5.41, 5.74) is 1.72. The third-order valence-corrected chi connectivity index (χ3v) is 2.89. The van der Waals surface area contributed by atoms with E-state index < -0.39 is 6.04 Å². The second kappa shape index (κ2) is 9.39. The molecule has 0 aliphatic heterocycles. The molecule has 0 radical (unpaired) electrons. The number of benzene rings is 1. The summed E-state index contributed by atoms with van der Waals surface area (Å²) >= 11 is 5.80. The number of hydrogen-bond acceptors (Lipinski definition) is 3. The van der Waals surface area contributed by atoms with Gasteiger partial charge >= 0.3 is 6.03 Å². The number of urea groups is 1. The van der Waals surface area contributed by atoms with Crippen molar-refractivity contribution in [2.24, 2.45) is 0 Å². The predicted octanol–water partition coefficient (Wildman–Crippen LogP) is 2.27. The summed E-state index contributed by atoms with van der Waals surface area (Å²) in [6, 6.07) is 6.12. The summed E-state index contributed by atoms with van der Waals surface area (Å²) < 4.78 is 5.27. The molecule has 1 aromatic carbocycles. The Morgan fingerprint density at radius 3 is 2.67 bits per heavy atom. The van der Waals surface area contributed by atoms with Crippen LogP contribution < -0.4 is 10.6 Å². The molecule has 0 saturated carbocycles. The molecule has 0 saturated heterocycles. The quantitative estimate of drug-likeness (QED) is 0.509. The van der Waals surface area contributed by atoms with Crippen LogP contribution in [-0.2, 0) is 4.74 Å². The lowest BCUT2D eigenvalue weighted by atomic mass is 10.1. The van der Waals surface area contributed by atoms with E-state index in [4.69, 9.17) is 16.3 Å². The smallest absolute Gasteiger partial charge is 0.315 e. The zero-order valence-electron chi connectivity index (χ0n) is 12.1. The van der Waals surface area contributed by atoms with E-state index in [-0.39, 0.29) is 12.6 Å². The van der Waals surface area contributed by atoms with Gasteiger partial charge in [-0.2, -0.15) is 0 Å². The van der Waals surface area contributed by atoms with Crippen LogP contribution in [0.4, 0.5) is 4.79 Å². The molecule has 6 heteroatoms. The summed E-state index contributed by atoms with van der Waals surface area (Å²) in [7, 11) is 0. The minimum atomic E-state index is -0.474. The normalized spacial score (nSPS) is 11.8. The lowest BCUT2D eigenvalue weighted by Gasteiger charge is -2.17. The van der Waals surface area contributed by atoms with E-state index in [1.807, 2.05) is 6.92 Å². The molecule has 1 rings (SSSR count).